The Morgan fingerprint density at radius 1 is 1.17 bits per heavy atom. The third kappa shape index (κ3) is 3.89. The largest absolute Gasteiger partial charge is 0.384 e. The van der Waals surface area contributed by atoms with Gasteiger partial charge in [0.1, 0.15) is 5.82 Å². The molecule has 5 nitrogen and oxygen atoms in total. The number of fused-ring (bicyclic) bond motifs is 1. The second-order valence-corrected chi connectivity index (χ2v) is 6.29. The highest BCUT2D eigenvalue weighted by atomic mass is 79.9. The van der Waals surface area contributed by atoms with E-state index >= 15 is 0 Å². The number of aryl methyl sites for hydroxylation is 1. The summed E-state index contributed by atoms with van der Waals surface area (Å²) in [5, 5.41) is 7.11. The third-order valence-corrected chi connectivity index (χ3v) is 4.21. The van der Waals surface area contributed by atoms with Gasteiger partial charge in [-0.2, -0.15) is 0 Å². The molecule has 0 saturated carbocycles. The van der Waals surface area contributed by atoms with Crippen LogP contribution in [0.25, 0.3) is 10.9 Å². The molecule has 24 heavy (non-hydrogen) atoms. The van der Waals surface area contributed by atoms with Crippen molar-refractivity contribution in [3.05, 3.63) is 58.8 Å². The van der Waals surface area contributed by atoms with Gasteiger partial charge in [0.05, 0.1) is 5.52 Å². The number of para-hydroxylation sites is 1. The van der Waals surface area contributed by atoms with Gasteiger partial charge in [-0.25, -0.2) is 4.98 Å². The van der Waals surface area contributed by atoms with Crippen LogP contribution in [-0.4, -0.2) is 22.4 Å². The van der Waals surface area contributed by atoms with Gasteiger partial charge in [-0.3, -0.25) is 9.78 Å². The summed E-state index contributed by atoms with van der Waals surface area (Å²) in [6.45, 7) is 2.49. The number of hydrogen-bond donors (Lipinski definition) is 2. The molecule has 3 rings (SSSR count). The lowest BCUT2D eigenvalue weighted by Crippen LogP contribution is -2.17. The number of pyridine rings is 2. The smallest absolute Gasteiger partial charge is 0.227 e. The van der Waals surface area contributed by atoms with Crippen molar-refractivity contribution in [2.24, 2.45) is 0 Å². The summed E-state index contributed by atoms with van der Waals surface area (Å²) in [6.07, 6.45) is 3.84. The van der Waals surface area contributed by atoms with E-state index in [0.717, 1.165) is 26.6 Å². The van der Waals surface area contributed by atoms with Crippen molar-refractivity contribution in [2.45, 2.75) is 13.3 Å². The fourth-order valence-corrected chi connectivity index (χ4v) is 2.82. The molecule has 0 fully saturated rings. The normalized spacial score (nSPS) is 10.6. The molecule has 122 valence electrons. The zero-order chi connectivity index (χ0) is 16.9. The van der Waals surface area contributed by atoms with E-state index in [0.29, 0.717) is 18.8 Å². The quantitative estimate of drug-likeness (QED) is 0.693. The number of hydrogen-bond acceptors (Lipinski definition) is 4. The van der Waals surface area contributed by atoms with Crippen LogP contribution in [0.2, 0.25) is 0 Å². The highest BCUT2D eigenvalue weighted by Gasteiger charge is 2.06. The Labute approximate surface area is 148 Å². The summed E-state index contributed by atoms with van der Waals surface area (Å²) in [7, 11) is 0. The van der Waals surface area contributed by atoms with Gasteiger partial charge in [-0.05, 0) is 46.6 Å². The van der Waals surface area contributed by atoms with E-state index in [1.54, 1.807) is 18.5 Å². The van der Waals surface area contributed by atoms with Crippen molar-refractivity contribution in [3.8, 4) is 0 Å². The van der Waals surface area contributed by atoms with Gasteiger partial charge in [-0.1, -0.05) is 18.2 Å². The van der Waals surface area contributed by atoms with Crippen molar-refractivity contribution < 1.29 is 4.79 Å². The van der Waals surface area contributed by atoms with Crippen LogP contribution >= 0.6 is 15.9 Å². The number of amides is 1. The van der Waals surface area contributed by atoms with Crippen LogP contribution in [-0.2, 0) is 4.79 Å². The summed E-state index contributed by atoms with van der Waals surface area (Å²) in [5.74, 6) is 0.502. The molecule has 0 atom stereocenters. The van der Waals surface area contributed by atoms with Crippen molar-refractivity contribution >= 4 is 44.2 Å². The molecule has 2 aromatic heterocycles. The zero-order valence-corrected chi connectivity index (χ0v) is 14.8. The highest BCUT2D eigenvalue weighted by Crippen LogP contribution is 2.27. The van der Waals surface area contributed by atoms with Gasteiger partial charge >= 0.3 is 0 Å². The Kier molecular flexibility index (Phi) is 5.05. The minimum atomic E-state index is -0.0709. The molecule has 1 aromatic carbocycles. The van der Waals surface area contributed by atoms with E-state index in [2.05, 4.69) is 36.5 Å². The maximum atomic E-state index is 12.0. The number of nitrogens with one attached hydrogen (secondary N) is 2. The van der Waals surface area contributed by atoms with Crippen LogP contribution in [0.1, 0.15) is 12.0 Å². The zero-order valence-electron chi connectivity index (χ0n) is 13.2. The van der Waals surface area contributed by atoms with Crippen LogP contribution in [0.4, 0.5) is 11.5 Å². The summed E-state index contributed by atoms with van der Waals surface area (Å²) in [5.41, 5.74) is 2.92. The lowest BCUT2D eigenvalue weighted by atomic mass is 10.2. The van der Waals surface area contributed by atoms with Crippen molar-refractivity contribution in [3.63, 3.8) is 0 Å². The molecule has 0 aliphatic rings. The number of carbonyl (C=O) groups is 1. The van der Waals surface area contributed by atoms with E-state index in [-0.39, 0.29) is 5.91 Å². The number of halogens is 1. The molecular formula is C18H17BrN4O. The predicted octanol–water partition coefficient (Wildman–Crippen LogP) is 4.14. The molecule has 0 unspecified atom stereocenters. The van der Waals surface area contributed by atoms with Crippen LogP contribution < -0.4 is 10.6 Å². The first-order valence-corrected chi connectivity index (χ1v) is 8.42. The Hall–Kier alpha value is -2.47. The number of rotatable bonds is 5. The van der Waals surface area contributed by atoms with Crippen molar-refractivity contribution in [2.75, 3.05) is 17.2 Å². The minimum absolute atomic E-state index is 0.0709. The highest BCUT2D eigenvalue weighted by molar-refractivity contribution is 9.10. The fourth-order valence-electron chi connectivity index (χ4n) is 2.35. The number of carbonyl (C=O) groups excluding carboxylic acids is 1. The Morgan fingerprint density at radius 3 is 2.83 bits per heavy atom. The number of aromatic nitrogens is 2. The molecule has 6 heteroatoms. The number of benzene rings is 1. The fraction of sp³-hybridized carbons (Fsp3) is 0.167. The van der Waals surface area contributed by atoms with Crippen LogP contribution in [0.15, 0.2) is 53.3 Å². The summed E-state index contributed by atoms with van der Waals surface area (Å²) in [6, 6.07) is 11.6. The van der Waals surface area contributed by atoms with Crippen molar-refractivity contribution in [1.82, 2.24) is 9.97 Å². The van der Waals surface area contributed by atoms with Gasteiger partial charge < -0.3 is 10.6 Å². The molecule has 1 amide bonds. The Balaban J connectivity index is 1.59. The summed E-state index contributed by atoms with van der Waals surface area (Å²) < 4.78 is 0.951. The monoisotopic (exact) mass is 384 g/mol. The van der Waals surface area contributed by atoms with E-state index in [9.17, 15) is 4.79 Å². The van der Waals surface area contributed by atoms with E-state index in [1.165, 1.54) is 0 Å². The molecule has 0 saturated heterocycles. The SMILES string of the molecule is Cc1ccc(NC(=O)CCNc2ccnc3c(Br)cccc23)nc1. The first kappa shape index (κ1) is 16.4. The lowest BCUT2D eigenvalue weighted by Gasteiger charge is -2.10. The topological polar surface area (TPSA) is 66.9 Å². The molecular weight excluding hydrogens is 368 g/mol. The number of anilines is 2. The first-order chi connectivity index (χ1) is 11.6. The molecule has 0 aliphatic carbocycles. The third-order valence-electron chi connectivity index (χ3n) is 3.57. The Bertz CT molecular complexity index is 865. The van der Waals surface area contributed by atoms with Crippen LogP contribution in [0, 0.1) is 6.92 Å². The maximum Gasteiger partial charge on any atom is 0.227 e. The Morgan fingerprint density at radius 2 is 2.04 bits per heavy atom. The molecule has 2 N–H and O–H groups in total. The van der Waals surface area contributed by atoms with Crippen molar-refractivity contribution in [1.29, 1.82) is 0 Å². The first-order valence-electron chi connectivity index (χ1n) is 7.63. The molecule has 0 radical (unpaired) electrons. The van der Waals surface area contributed by atoms with Crippen LogP contribution in [0.3, 0.4) is 0 Å². The molecule has 0 spiro atoms. The summed E-state index contributed by atoms with van der Waals surface area (Å²) in [4.78, 5) is 20.5. The van der Waals surface area contributed by atoms with E-state index < -0.39 is 0 Å². The lowest BCUT2D eigenvalue weighted by molar-refractivity contribution is -0.116. The molecule has 0 bridgehead atoms. The average molecular weight is 385 g/mol. The van der Waals surface area contributed by atoms with Crippen LogP contribution in [0.5, 0.6) is 0 Å². The van der Waals surface area contributed by atoms with E-state index in [4.69, 9.17) is 0 Å². The summed E-state index contributed by atoms with van der Waals surface area (Å²) >= 11 is 3.50. The number of nitrogens with zero attached hydrogens (tertiary/aromatic N) is 2. The second-order valence-electron chi connectivity index (χ2n) is 5.44. The van der Waals surface area contributed by atoms with Gasteiger partial charge in [0.15, 0.2) is 0 Å². The second kappa shape index (κ2) is 7.40. The standard InChI is InChI=1S/C18H17BrN4O/c1-12-5-6-16(22-11-12)23-17(24)8-10-20-15-7-9-21-18-13(15)3-2-4-14(18)19/h2-7,9,11H,8,10H2,1H3,(H,20,21)(H,22,23,24). The average Bonchev–Trinajstić information content (AvgIpc) is 2.58. The maximum absolute atomic E-state index is 12.0. The molecule has 0 aliphatic heterocycles. The van der Waals surface area contributed by atoms with Gasteiger partial charge in [0, 0.05) is 40.9 Å². The minimum Gasteiger partial charge on any atom is -0.384 e. The van der Waals surface area contributed by atoms with E-state index in [1.807, 2.05) is 37.3 Å². The van der Waals surface area contributed by atoms with Gasteiger partial charge in [-0.15, -0.1) is 0 Å². The van der Waals surface area contributed by atoms with Gasteiger partial charge in [0.2, 0.25) is 5.91 Å². The molecule has 3 aromatic rings. The predicted molar refractivity (Wildman–Crippen MR) is 100 cm³/mol. The molecule has 2 heterocycles. The van der Waals surface area contributed by atoms with Gasteiger partial charge in [0.25, 0.3) is 0 Å².